The van der Waals surface area contributed by atoms with E-state index in [9.17, 15) is 4.79 Å². The van der Waals surface area contributed by atoms with Crippen LogP contribution in [-0.4, -0.2) is 12.5 Å². The Morgan fingerprint density at radius 1 is 1.38 bits per heavy atom. The van der Waals surface area contributed by atoms with Crippen molar-refractivity contribution in [2.45, 2.75) is 13.3 Å². The van der Waals surface area contributed by atoms with Crippen LogP contribution >= 0.6 is 0 Å². The van der Waals surface area contributed by atoms with Crippen LogP contribution in [0.2, 0.25) is 0 Å². The first kappa shape index (κ1) is 9.74. The van der Waals surface area contributed by atoms with Crippen molar-refractivity contribution in [3.63, 3.8) is 0 Å². The Balaban J connectivity index is 2.17. The van der Waals surface area contributed by atoms with Gasteiger partial charge in [0.05, 0.1) is 6.61 Å². The van der Waals surface area contributed by atoms with Crippen molar-refractivity contribution in [2.75, 3.05) is 6.61 Å². The van der Waals surface area contributed by atoms with Crippen molar-refractivity contribution in [3.8, 4) is 0 Å². The van der Waals surface area contributed by atoms with Crippen LogP contribution in [0.4, 0.5) is 0 Å². The monoisotopic (exact) mass is 178 g/mol. The van der Waals surface area contributed by atoms with E-state index < -0.39 is 0 Å². The van der Waals surface area contributed by atoms with Crippen molar-refractivity contribution < 1.29 is 9.63 Å². The van der Waals surface area contributed by atoms with Gasteiger partial charge in [-0.05, 0) is 12.0 Å². The second-order valence-corrected chi connectivity index (χ2v) is 2.68. The molecule has 0 N–H and O–H groups in total. The molecule has 0 aliphatic heterocycles. The lowest BCUT2D eigenvalue weighted by atomic mass is 10.2. The number of benzene rings is 1. The number of nitrogens with zero attached hydrogens (tertiary/aromatic N) is 1. The molecule has 0 bridgehead atoms. The maximum Gasteiger partial charge on any atom is 0.266 e. The molecule has 0 unspecified atom stereocenters. The third kappa shape index (κ3) is 4.28. The predicted molar refractivity (Wildman–Crippen MR) is 48.9 cm³/mol. The van der Waals surface area contributed by atoms with E-state index in [0.717, 1.165) is 6.42 Å². The van der Waals surface area contributed by atoms with Gasteiger partial charge in [0.15, 0.2) is 0 Å². The van der Waals surface area contributed by atoms with E-state index in [-0.39, 0.29) is 5.91 Å². The van der Waals surface area contributed by atoms with Gasteiger partial charge in [0.2, 0.25) is 0 Å². The summed E-state index contributed by atoms with van der Waals surface area (Å²) in [5.74, 6) is -0.298. The lowest BCUT2D eigenvalue weighted by molar-refractivity contribution is -0.132. The Morgan fingerprint density at radius 2 is 2.08 bits per heavy atom. The average molecular weight is 178 g/mol. The van der Waals surface area contributed by atoms with Gasteiger partial charge in [0.1, 0.15) is 0 Å². The van der Waals surface area contributed by atoms with Gasteiger partial charge < -0.3 is 0 Å². The highest BCUT2D eigenvalue weighted by Gasteiger charge is 1.95. The van der Waals surface area contributed by atoms with E-state index in [4.69, 9.17) is 4.84 Å². The number of carbonyl (C=O) groups excluding carboxylic acids is 1. The van der Waals surface area contributed by atoms with Gasteiger partial charge in [-0.25, -0.2) is 4.84 Å². The summed E-state index contributed by atoms with van der Waals surface area (Å²) < 4.78 is 0. The van der Waals surface area contributed by atoms with Gasteiger partial charge in [-0.2, -0.15) is 0 Å². The lowest BCUT2D eigenvalue weighted by Gasteiger charge is -2.00. The summed E-state index contributed by atoms with van der Waals surface area (Å²) in [6.07, 6.45) is 0.775. The molecule has 0 heterocycles. The highest BCUT2D eigenvalue weighted by atomic mass is 16.6. The van der Waals surface area contributed by atoms with E-state index >= 15 is 0 Å². The number of hydrogen-bond donors (Lipinski definition) is 0. The topological polar surface area (TPSA) is 40.4 Å². The highest BCUT2D eigenvalue weighted by molar-refractivity contribution is 5.71. The zero-order valence-corrected chi connectivity index (χ0v) is 7.56. The zero-order chi connectivity index (χ0) is 9.52. The Hall–Kier alpha value is -1.35. The summed E-state index contributed by atoms with van der Waals surface area (Å²) in [5, 5.41) is 0. The summed E-state index contributed by atoms with van der Waals surface area (Å²) in [6.45, 7) is 1.81. The van der Waals surface area contributed by atoms with Crippen LogP contribution in [0, 0.1) is 0 Å². The molecule has 3 heteroatoms. The van der Waals surface area contributed by atoms with E-state index in [1.807, 2.05) is 30.3 Å². The Bertz CT molecular complexity index is 259. The molecule has 0 aliphatic carbocycles. The maximum absolute atomic E-state index is 10.4. The highest BCUT2D eigenvalue weighted by Crippen LogP contribution is 1.98. The molecule has 0 aromatic heterocycles. The summed E-state index contributed by atoms with van der Waals surface area (Å²) >= 11 is 0. The average Bonchev–Trinajstić information content (AvgIpc) is 2.14. The summed E-state index contributed by atoms with van der Waals surface area (Å²) in [7, 11) is 0. The molecule has 0 aliphatic rings. The Labute approximate surface area is 77.7 Å². The van der Waals surface area contributed by atoms with E-state index in [2.05, 4.69) is 5.48 Å². The molecule has 0 spiro atoms. The number of carbonyl (C=O) groups is 1. The normalized spacial score (nSPS) is 9.62. The second-order valence-electron chi connectivity index (χ2n) is 2.68. The number of rotatable bonds is 4. The van der Waals surface area contributed by atoms with Gasteiger partial charge in [-0.3, -0.25) is 4.79 Å². The van der Waals surface area contributed by atoms with E-state index in [0.29, 0.717) is 6.61 Å². The van der Waals surface area contributed by atoms with Crippen molar-refractivity contribution >= 4 is 5.91 Å². The first-order valence-electron chi connectivity index (χ1n) is 4.16. The molecular weight excluding hydrogens is 166 g/mol. The maximum atomic E-state index is 10.4. The molecule has 1 aromatic carbocycles. The molecule has 3 nitrogen and oxygen atoms in total. The van der Waals surface area contributed by atoms with Crippen LogP contribution in [0.5, 0.6) is 0 Å². The minimum absolute atomic E-state index is 0.298. The van der Waals surface area contributed by atoms with Crippen molar-refractivity contribution in [2.24, 2.45) is 0 Å². The molecule has 0 saturated carbocycles. The van der Waals surface area contributed by atoms with Crippen LogP contribution in [0.15, 0.2) is 30.3 Å². The smallest absolute Gasteiger partial charge is 0.266 e. The number of hydroxylamine groups is 1. The largest absolute Gasteiger partial charge is 0.271 e. The number of hydrogen-bond acceptors (Lipinski definition) is 2. The first-order chi connectivity index (χ1) is 6.29. The first-order valence-corrected chi connectivity index (χ1v) is 4.16. The van der Waals surface area contributed by atoms with Crippen molar-refractivity contribution in [1.29, 1.82) is 0 Å². The van der Waals surface area contributed by atoms with E-state index in [1.54, 1.807) is 0 Å². The van der Waals surface area contributed by atoms with Crippen LogP contribution in [0.3, 0.4) is 0 Å². The molecule has 69 valence electrons. The molecular formula is C10H12NO2. The fourth-order valence-electron chi connectivity index (χ4n) is 0.945. The molecule has 0 fully saturated rings. The van der Waals surface area contributed by atoms with Gasteiger partial charge in [0.25, 0.3) is 5.91 Å². The fraction of sp³-hybridized carbons (Fsp3) is 0.300. The van der Waals surface area contributed by atoms with Crippen LogP contribution < -0.4 is 5.48 Å². The third-order valence-electron chi connectivity index (χ3n) is 1.52. The summed E-state index contributed by atoms with van der Waals surface area (Å²) in [4.78, 5) is 15.1. The SMILES string of the molecule is CC(=O)[N]OCCc1ccccc1. The Morgan fingerprint density at radius 3 is 2.69 bits per heavy atom. The minimum atomic E-state index is -0.298. The lowest BCUT2D eigenvalue weighted by Crippen LogP contribution is -2.13. The van der Waals surface area contributed by atoms with Gasteiger partial charge in [-0.1, -0.05) is 35.8 Å². The Kier molecular flexibility index (Phi) is 3.99. The quantitative estimate of drug-likeness (QED) is 0.515. The van der Waals surface area contributed by atoms with E-state index in [1.165, 1.54) is 12.5 Å². The number of amides is 1. The van der Waals surface area contributed by atoms with Gasteiger partial charge >= 0.3 is 0 Å². The van der Waals surface area contributed by atoms with Crippen LogP contribution in [0.25, 0.3) is 0 Å². The van der Waals surface area contributed by atoms with Crippen LogP contribution in [0.1, 0.15) is 12.5 Å². The van der Waals surface area contributed by atoms with Crippen molar-refractivity contribution in [3.05, 3.63) is 35.9 Å². The standard InChI is InChI=1S/C10H12NO2/c1-9(12)11-13-8-7-10-5-3-2-4-6-10/h2-6H,7-8H2,1H3. The third-order valence-corrected chi connectivity index (χ3v) is 1.52. The molecule has 0 saturated heterocycles. The predicted octanol–water partition coefficient (Wildman–Crippen LogP) is 1.31. The molecule has 1 aromatic rings. The summed E-state index contributed by atoms with van der Waals surface area (Å²) in [5.41, 5.74) is 4.48. The molecule has 1 rings (SSSR count). The molecule has 1 amide bonds. The molecule has 13 heavy (non-hydrogen) atoms. The fourth-order valence-corrected chi connectivity index (χ4v) is 0.945. The zero-order valence-electron chi connectivity index (χ0n) is 7.56. The summed E-state index contributed by atoms with van der Waals surface area (Å²) in [6, 6.07) is 9.92. The molecule has 0 atom stereocenters. The van der Waals surface area contributed by atoms with Crippen LogP contribution in [-0.2, 0) is 16.1 Å². The van der Waals surface area contributed by atoms with Gasteiger partial charge in [-0.15, -0.1) is 0 Å². The van der Waals surface area contributed by atoms with Gasteiger partial charge in [0, 0.05) is 6.92 Å². The van der Waals surface area contributed by atoms with Crippen molar-refractivity contribution in [1.82, 2.24) is 5.48 Å². The second kappa shape index (κ2) is 5.32. The molecule has 1 radical (unpaired) electrons. The minimum Gasteiger partial charge on any atom is -0.271 e.